The number of likely N-dealkylation sites (N-methyl/N-ethyl adjacent to an activating group) is 4. The van der Waals surface area contributed by atoms with Gasteiger partial charge in [0.2, 0.25) is 41.4 Å². The van der Waals surface area contributed by atoms with E-state index in [1.165, 1.54) is 28.1 Å². The maximum atomic E-state index is 15.7. The Balaban J connectivity index is 7.91. The number of Topliss-reactive ketones (excluding diaryl/α,β-unsaturated/α-hetero) is 5. The average Bonchev–Trinajstić information content (AvgIpc) is 0.806. The van der Waals surface area contributed by atoms with Crippen molar-refractivity contribution in [2.24, 2.45) is 62.6 Å². The molecule has 0 bridgehead atoms. The van der Waals surface area contributed by atoms with E-state index in [1.807, 2.05) is 59.0 Å². The number of amides is 7. The Labute approximate surface area is 642 Å². The van der Waals surface area contributed by atoms with Crippen molar-refractivity contribution in [3.05, 3.63) is 0 Å². The summed E-state index contributed by atoms with van der Waals surface area (Å²) >= 11 is 0. The molecular weight excluding hydrogens is 1380 g/mol. The van der Waals surface area contributed by atoms with Crippen LogP contribution in [0.4, 0.5) is 8.78 Å². The average molecular weight is 1530 g/mol. The minimum atomic E-state index is -1.49. The van der Waals surface area contributed by atoms with Crippen LogP contribution in [0.5, 0.6) is 0 Å². The molecule has 8 unspecified atom stereocenters. The highest BCUT2D eigenvalue weighted by Crippen LogP contribution is 2.43. The van der Waals surface area contributed by atoms with E-state index in [-0.39, 0.29) is 152 Å². The first-order valence-corrected chi connectivity index (χ1v) is 39.2. The number of rotatable bonds is 63. The number of unbranched alkanes of at least 4 members (excludes halogenated alkanes) is 1. The molecule has 7 amide bonds. The van der Waals surface area contributed by atoms with Gasteiger partial charge in [-0.15, -0.1) is 0 Å². The summed E-state index contributed by atoms with van der Waals surface area (Å²) in [5.41, 5.74) is -6.96. The van der Waals surface area contributed by atoms with Gasteiger partial charge in [0.1, 0.15) is 28.9 Å². The molecule has 0 spiro atoms. The maximum Gasteiger partial charge on any atom is 0.223 e. The van der Waals surface area contributed by atoms with E-state index in [0.717, 1.165) is 26.1 Å². The van der Waals surface area contributed by atoms with Gasteiger partial charge in [0, 0.05) is 200 Å². The van der Waals surface area contributed by atoms with Gasteiger partial charge < -0.3 is 66.3 Å². The molecule has 620 valence electrons. The lowest BCUT2D eigenvalue weighted by Gasteiger charge is -2.36. The smallest absolute Gasteiger partial charge is 0.223 e. The van der Waals surface area contributed by atoms with Gasteiger partial charge >= 0.3 is 0 Å². The second-order valence-corrected chi connectivity index (χ2v) is 33.9. The van der Waals surface area contributed by atoms with Crippen LogP contribution in [-0.2, 0) is 67.0 Å². The Morgan fingerprint density at radius 2 is 0.626 bits per heavy atom. The second kappa shape index (κ2) is 51.7. The van der Waals surface area contributed by atoms with Crippen molar-refractivity contribution in [2.75, 3.05) is 155 Å². The van der Waals surface area contributed by atoms with E-state index in [0.29, 0.717) is 52.0 Å². The summed E-state index contributed by atoms with van der Waals surface area (Å²) in [4.78, 5) is 182. The van der Waals surface area contributed by atoms with Gasteiger partial charge in [-0.1, -0.05) is 89.5 Å². The van der Waals surface area contributed by atoms with Crippen LogP contribution in [0.25, 0.3) is 0 Å². The van der Waals surface area contributed by atoms with Gasteiger partial charge in [0.15, 0.2) is 0 Å². The molecule has 27 heteroatoms. The number of carbonyl (C=O) groups is 12. The van der Waals surface area contributed by atoms with Gasteiger partial charge in [-0.05, 0) is 127 Å². The van der Waals surface area contributed by atoms with Gasteiger partial charge in [-0.25, -0.2) is 8.78 Å². The molecule has 0 rings (SSSR count). The summed E-state index contributed by atoms with van der Waals surface area (Å²) < 4.78 is 38.3. The zero-order chi connectivity index (χ0) is 82.1. The van der Waals surface area contributed by atoms with Crippen molar-refractivity contribution in [1.82, 2.24) is 56.8 Å². The van der Waals surface area contributed by atoms with E-state index in [4.69, 9.17) is 9.47 Å². The number of methoxy groups -OCH3 is 2. The summed E-state index contributed by atoms with van der Waals surface area (Å²) in [6.07, 6.45) is -2.45. The van der Waals surface area contributed by atoms with Crippen molar-refractivity contribution in [3.63, 3.8) is 0 Å². The first-order chi connectivity index (χ1) is 49.7. The van der Waals surface area contributed by atoms with Crippen molar-refractivity contribution < 1.29 is 75.8 Å². The number of halogens is 2. The Hall–Kier alpha value is -5.74. The fourth-order valence-electron chi connectivity index (χ4n) is 13.3. The SMILES string of the molecule is CCCCNC(=O)C(CC(=O)NCCN(C)CCN(C)C)CC(C)(C)C(=O)CC(CC(C)(C)C(=O)C(CC(=O)NCCCC(C)F)CC(C)(C)C(=O)CC(CC(C)(C)C(=O)C(CC(=O)NCCOC)CC(C)(C)C(=O)CC(CC)C(=O)NCCOC)C(=O)NCCCC(C)F)C(=O)NCCN(C)CCN(C)C. The second-order valence-electron chi connectivity index (χ2n) is 33.9. The van der Waals surface area contributed by atoms with Crippen molar-refractivity contribution in [3.8, 4) is 0 Å². The van der Waals surface area contributed by atoms with Gasteiger partial charge in [0.05, 0.1) is 25.6 Å². The molecule has 0 aromatic carbocycles. The highest BCUT2D eigenvalue weighted by atomic mass is 19.1. The van der Waals surface area contributed by atoms with Crippen LogP contribution in [0, 0.1) is 62.6 Å². The number of ketones is 5. The quantitative estimate of drug-likeness (QED) is 0.0289. The maximum absolute atomic E-state index is 15.7. The van der Waals surface area contributed by atoms with Crippen LogP contribution in [0.3, 0.4) is 0 Å². The van der Waals surface area contributed by atoms with Crippen LogP contribution < -0.4 is 37.2 Å². The summed E-state index contributed by atoms with van der Waals surface area (Å²) in [5.74, 6) is -11.7. The molecule has 0 heterocycles. The lowest BCUT2D eigenvalue weighted by molar-refractivity contribution is -0.143. The number of nitrogens with one attached hydrogen (secondary N) is 7. The minimum absolute atomic E-state index is 0.0338. The first kappa shape index (κ1) is 101. The van der Waals surface area contributed by atoms with Crippen LogP contribution in [-0.4, -0.2) is 257 Å². The molecule has 0 aliphatic rings. The van der Waals surface area contributed by atoms with E-state index < -0.39 is 129 Å². The molecule has 0 aliphatic heterocycles. The third kappa shape index (κ3) is 42.9. The number of nitrogens with zero attached hydrogens (tertiary/aromatic N) is 4. The van der Waals surface area contributed by atoms with E-state index in [1.54, 1.807) is 76.2 Å². The Kier molecular flexibility index (Phi) is 48.9. The molecule has 0 saturated carbocycles. The third-order valence-electron chi connectivity index (χ3n) is 20.4. The monoisotopic (exact) mass is 1520 g/mol. The van der Waals surface area contributed by atoms with Crippen molar-refractivity contribution in [2.45, 2.75) is 225 Å². The molecule has 0 aliphatic carbocycles. The zero-order valence-electron chi connectivity index (χ0n) is 70.2. The molecule has 0 saturated heterocycles. The highest BCUT2D eigenvalue weighted by Gasteiger charge is 2.47. The molecule has 8 atom stereocenters. The predicted octanol–water partition coefficient (Wildman–Crippen LogP) is 7.53. The molecule has 25 nitrogen and oxygen atoms in total. The van der Waals surface area contributed by atoms with Crippen molar-refractivity contribution in [1.29, 1.82) is 0 Å². The molecule has 0 aromatic rings. The van der Waals surface area contributed by atoms with Gasteiger partial charge in [-0.3, -0.25) is 57.5 Å². The number of hydrogen-bond acceptors (Lipinski definition) is 18. The fourth-order valence-corrected chi connectivity index (χ4v) is 13.3. The molecule has 7 N–H and O–H groups in total. The predicted molar refractivity (Wildman–Crippen MR) is 417 cm³/mol. The Morgan fingerprint density at radius 1 is 0.346 bits per heavy atom. The van der Waals surface area contributed by atoms with E-state index in [9.17, 15) is 47.1 Å². The molecular formula is C80H147F2N11O14. The van der Waals surface area contributed by atoms with Crippen molar-refractivity contribution >= 4 is 70.3 Å². The van der Waals surface area contributed by atoms with Crippen LogP contribution in [0.15, 0.2) is 0 Å². The van der Waals surface area contributed by atoms with E-state index in [2.05, 4.69) is 47.0 Å². The standard InChI is InChI=1S/C80H147F2N11O14/c1-23-25-30-86-75(105)63(50-69(99)84-33-37-92(19)41-39-90(15)16)53-78(9,10)66(96)47-62(74(104)88-34-38-93(20)42-40-91(17)18)55-80(13,14)70(100)59(48-67(97)83-31-26-28-56(3)81)52-77(7,8)65(95)46-61(73(103)87-32-27-29-57(4)82)54-79(11,12)71(101)60(49-68(98)85-35-43-106-21)51-76(5,6)64(94)45-58(24-2)72(102)89-36-44-107-22/h56-63H,23-55H2,1-22H3,(H,83,97)(H,84,99)(H,85,98)(H,86,105)(H,87,103)(H,88,104)(H,89,102). The molecule has 0 fully saturated rings. The zero-order valence-corrected chi connectivity index (χ0v) is 70.2. The summed E-state index contributed by atoms with van der Waals surface area (Å²) in [6.45, 7) is 28.8. The molecule has 107 heavy (non-hydrogen) atoms. The number of hydrogen-bond donors (Lipinski definition) is 7. The van der Waals surface area contributed by atoms with Crippen LogP contribution >= 0.6 is 0 Å². The lowest BCUT2D eigenvalue weighted by Crippen LogP contribution is -2.45. The van der Waals surface area contributed by atoms with Crippen LogP contribution in [0.1, 0.15) is 213 Å². The third-order valence-corrected chi connectivity index (χ3v) is 20.4. The molecule has 0 aromatic heterocycles. The highest BCUT2D eigenvalue weighted by molar-refractivity contribution is 5.97. The Bertz CT molecular complexity index is 2740. The Morgan fingerprint density at radius 3 is 0.991 bits per heavy atom. The summed E-state index contributed by atoms with van der Waals surface area (Å²) in [6, 6.07) is 0. The lowest BCUT2D eigenvalue weighted by atomic mass is 9.66. The number of alkyl halides is 2. The van der Waals surface area contributed by atoms with Gasteiger partial charge in [-0.2, -0.15) is 0 Å². The minimum Gasteiger partial charge on any atom is -0.383 e. The van der Waals surface area contributed by atoms with Gasteiger partial charge in [0.25, 0.3) is 0 Å². The fraction of sp³-hybridized carbons (Fsp3) is 0.850. The largest absolute Gasteiger partial charge is 0.383 e. The first-order valence-electron chi connectivity index (χ1n) is 39.2. The molecule has 0 radical (unpaired) electrons. The normalized spacial score (nSPS) is 14.7. The number of ether oxygens (including phenoxy) is 2. The van der Waals surface area contributed by atoms with Crippen LogP contribution in [0.2, 0.25) is 0 Å². The van der Waals surface area contributed by atoms with E-state index >= 15 is 19.2 Å². The topological polar surface area (TPSA) is 320 Å². The number of carbonyl (C=O) groups excluding carboxylic acids is 12. The summed E-state index contributed by atoms with van der Waals surface area (Å²) in [5, 5.41) is 20.1. The summed E-state index contributed by atoms with van der Waals surface area (Å²) in [7, 11) is 14.7.